The highest BCUT2D eigenvalue weighted by Gasteiger charge is 2.13. The fourth-order valence-electron chi connectivity index (χ4n) is 1.63. The van der Waals surface area contributed by atoms with E-state index in [1.807, 2.05) is 23.6 Å². The minimum absolute atomic E-state index is 0.0838. The molecule has 0 aliphatic rings. The smallest absolute Gasteiger partial charge is 0.343 e. The van der Waals surface area contributed by atoms with Crippen molar-refractivity contribution >= 4 is 28.7 Å². The Morgan fingerprint density at radius 1 is 1.43 bits per heavy atom. The number of hydrazine groups is 1. The van der Waals surface area contributed by atoms with Crippen LogP contribution >= 0.6 is 11.3 Å². The summed E-state index contributed by atoms with van der Waals surface area (Å²) in [6.07, 6.45) is 1.61. The predicted octanol–water partition coefficient (Wildman–Crippen LogP) is 0.607. The molecule has 21 heavy (non-hydrogen) atoms. The van der Waals surface area contributed by atoms with Crippen LogP contribution in [-0.4, -0.2) is 33.9 Å². The van der Waals surface area contributed by atoms with Gasteiger partial charge in [0.2, 0.25) is 12.2 Å². The molecule has 0 aliphatic heterocycles. The van der Waals surface area contributed by atoms with E-state index in [1.54, 1.807) is 13.4 Å². The Kier molecular flexibility index (Phi) is 4.83. The Morgan fingerprint density at radius 3 is 2.95 bits per heavy atom. The maximum Gasteiger partial charge on any atom is 0.343 e. The Morgan fingerprint density at radius 2 is 2.24 bits per heavy atom. The van der Waals surface area contributed by atoms with Gasteiger partial charge in [0.05, 0.1) is 12.2 Å². The van der Waals surface area contributed by atoms with Gasteiger partial charge in [0.1, 0.15) is 5.69 Å². The van der Waals surface area contributed by atoms with Crippen molar-refractivity contribution < 1.29 is 9.48 Å². The average molecular weight is 305 g/mol. The predicted molar refractivity (Wildman–Crippen MR) is 82.1 cm³/mol. The highest BCUT2D eigenvalue weighted by molar-refractivity contribution is 7.13. The second kappa shape index (κ2) is 6.80. The summed E-state index contributed by atoms with van der Waals surface area (Å²) < 4.78 is 1.41. The number of amides is 1. The van der Waals surface area contributed by atoms with Gasteiger partial charge in [-0.3, -0.25) is 10.6 Å². The summed E-state index contributed by atoms with van der Waals surface area (Å²) in [7, 11) is 1.77. The molecular formula is C13H17N6OS+. The van der Waals surface area contributed by atoms with Gasteiger partial charge in [0.15, 0.2) is 5.69 Å². The lowest BCUT2D eigenvalue weighted by atomic mass is 10.2. The summed E-state index contributed by atoms with van der Waals surface area (Å²) in [6.45, 7) is 1.88. The average Bonchev–Trinajstić information content (AvgIpc) is 2.95. The summed E-state index contributed by atoms with van der Waals surface area (Å²) in [5.41, 5.74) is 2.28. The van der Waals surface area contributed by atoms with E-state index in [-0.39, 0.29) is 5.91 Å². The number of carbonyl (C=O) groups is 1. The van der Waals surface area contributed by atoms with Crippen LogP contribution in [0.5, 0.6) is 0 Å². The third-order valence-corrected chi connectivity index (χ3v) is 3.42. The van der Waals surface area contributed by atoms with Gasteiger partial charge in [-0.1, -0.05) is 22.4 Å². The molecule has 0 saturated carbocycles. The molecule has 1 amide bonds. The summed E-state index contributed by atoms with van der Waals surface area (Å²) in [6, 6.07) is 5.62. The minimum atomic E-state index is -0.0838. The van der Waals surface area contributed by atoms with Crippen molar-refractivity contribution in [1.82, 2.24) is 20.6 Å². The molecule has 0 bridgehead atoms. The number of thiazole rings is 1. The highest BCUT2D eigenvalue weighted by Crippen LogP contribution is 2.24. The van der Waals surface area contributed by atoms with E-state index in [0.29, 0.717) is 11.7 Å². The molecule has 2 rings (SSSR count). The molecule has 0 saturated heterocycles. The Hall–Kier alpha value is -2.48. The monoisotopic (exact) mass is 305 g/mol. The molecular weight excluding hydrogens is 288 g/mol. The van der Waals surface area contributed by atoms with E-state index in [4.69, 9.17) is 5.84 Å². The van der Waals surface area contributed by atoms with Gasteiger partial charge in [0, 0.05) is 19.4 Å². The first-order chi connectivity index (χ1) is 10.1. The second-order valence-corrected chi connectivity index (χ2v) is 5.10. The van der Waals surface area contributed by atoms with Crippen molar-refractivity contribution in [2.75, 3.05) is 7.05 Å². The van der Waals surface area contributed by atoms with E-state index in [0.717, 1.165) is 17.1 Å². The molecule has 0 fully saturated rings. The number of aromatic nitrogens is 2. The van der Waals surface area contributed by atoms with Crippen LogP contribution in [0.15, 0.2) is 23.6 Å². The molecule has 0 aromatic carbocycles. The van der Waals surface area contributed by atoms with Crippen molar-refractivity contribution in [3.8, 4) is 11.4 Å². The lowest BCUT2D eigenvalue weighted by molar-refractivity contribution is -0.448. The second-order valence-electron chi connectivity index (χ2n) is 4.26. The van der Waals surface area contributed by atoms with Crippen molar-refractivity contribution in [2.45, 2.75) is 13.5 Å². The SMILES string of the molecule is CNC=[N+](N)c1nc(-c2cccc(CNC(C)=O)n2)cs1. The number of hydrogen-bond donors (Lipinski definition) is 3. The minimum Gasteiger partial charge on any atom is -0.351 e. The van der Waals surface area contributed by atoms with Crippen molar-refractivity contribution in [2.24, 2.45) is 5.84 Å². The molecule has 110 valence electrons. The zero-order valence-corrected chi connectivity index (χ0v) is 12.6. The zero-order chi connectivity index (χ0) is 15.2. The van der Waals surface area contributed by atoms with Gasteiger partial charge in [-0.25, -0.2) is 4.98 Å². The van der Waals surface area contributed by atoms with Crippen LogP contribution in [0.2, 0.25) is 0 Å². The van der Waals surface area contributed by atoms with E-state index < -0.39 is 0 Å². The van der Waals surface area contributed by atoms with Crippen LogP contribution < -0.4 is 16.5 Å². The largest absolute Gasteiger partial charge is 0.351 e. The van der Waals surface area contributed by atoms with Crippen molar-refractivity contribution in [1.29, 1.82) is 0 Å². The van der Waals surface area contributed by atoms with Crippen LogP contribution in [0, 0.1) is 0 Å². The van der Waals surface area contributed by atoms with Gasteiger partial charge >= 0.3 is 5.13 Å². The Labute approximate surface area is 126 Å². The molecule has 4 N–H and O–H groups in total. The maximum absolute atomic E-state index is 10.9. The number of nitrogens with zero attached hydrogens (tertiary/aromatic N) is 3. The molecule has 8 heteroatoms. The molecule has 0 aliphatic carbocycles. The van der Waals surface area contributed by atoms with Crippen LogP contribution in [0.1, 0.15) is 12.6 Å². The quantitative estimate of drug-likeness (QED) is 0.247. The molecule has 2 aromatic heterocycles. The number of hydrazone groups is 1. The third kappa shape index (κ3) is 3.99. The molecule has 0 atom stereocenters. The normalized spacial score (nSPS) is 11.2. The van der Waals surface area contributed by atoms with Gasteiger partial charge in [-0.15, -0.1) is 4.68 Å². The molecule has 2 aromatic rings. The summed E-state index contributed by atoms with van der Waals surface area (Å²) in [5, 5.41) is 8.11. The Bertz CT molecular complexity index is 666. The third-order valence-electron chi connectivity index (χ3n) is 2.57. The van der Waals surface area contributed by atoms with Crippen LogP contribution in [0.25, 0.3) is 11.4 Å². The van der Waals surface area contributed by atoms with Gasteiger partial charge in [-0.2, -0.15) is 0 Å². The standard InChI is InChI=1S/C13H16N6OS/c1-9(20)16-6-10-4-3-5-11(17-10)12-7-21-13(18-12)19(14)8-15-2/h3-5,7-8H,6,14H2,1-2H3,(H,16,20)/p+1. The van der Waals surface area contributed by atoms with E-state index in [2.05, 4.69) is 20.6 Å². The fourth-order valence-corrected chi connectivity index (χ4v) is 2.35. The summed E-state index contributed by atoms with van der Waals surface area (Å²) >= 11 is 1.43. The maximum atomic E-state index is 10.9. The molecule has 2 heterocycles. The number of carbonyl (C=O) groups excluding carboxylic acids is 1. The van der Waals surface area contributed by atoms with Crippen LogP contribution in [0.3, 0.4) is 0 Å². The first-order valence-corrected chi connectivity index (χ1v) is 7.19. The molecule has 0 unspecified atom stereocenters. The summed E-state index contributed by atoms with van der Waals surface area (Å²) in [5.74, 6) is 5.72. The topological polar surface area (TPSA) is 95.9 Å². The number of pyridine rings is 1. The fraction of sp³-hybridized carbons (Fsp3) is 0.231. The molecule has 0 radical (unpaired) electrons. The number of rotatable bonds is 5. The van der Waals surface area contributed by atoms with Gasteiger partial charge in [-0.05, 0) is 12.1 Å². The number of nitrogens with one attached hydrogen (secondary N) is 2. The Balaban J connectivity index is 2.20. The number of nitrogens with two attached hydrogens (primary N) is 1. The molecule has 7 nitrogen and oxygen atoms in total. The van der Waals surface area contributed by atoms with Crippen LogP contribution in [0.4, 0.5) is 5.13 Å². The van der Waals surface area contributed by atoms with E-state index >= 15 is 0 Å². The van der Waals surface area contributed by atoms with Gasteiger partial charge in [0.25, 0.3) is 0 Å². The van der Waals surface area contributed by atoms with Crippen molar-refractivity contribution in [3.63, 3.8) is 0 Å². The van der Waals surface area contributed by atoms with Gasteiger partial charge < -0.3 is 10.6 Å². The highest BCUT2D eigenvalue weighted by atomic mass is 32.1. The van der Waals surface area contributed by atoms with Crippen molar-refractivity contribution in [3.05, 3.63) is 29.3 Å². The molecule has 0 spiro atoms. The van der Waals surface area contributed by atoms with E-state index in [1.165, 1.54) is 22.9 Å². The first kappa shape index (κ1) is 14.9. The zero-order valence-electron chi connectivity index (χ0n) is 11.8. The van der Waals surface area contributed by atoms with Crippen LogP contribution in [-0.2, 0) is 11.3 Å². The summed E-state index contributed by atoms with van der Waals surface area (Å²) in [4.78, 5) is 19.8. The van der Waals surface area contributed by atoms with E-state index in [9.17, 15) is 4.79 Å². The lowest BCUT2D eigenvalue weighted by Gasteiger charge is -2.02. The number of hydrogen-bond acceptors (Lipinski definition) is 5. The lowest BCUT2D eigenvalue weighted by Crippen LogP contribution is -2.21. The first-order valence-electron chi connectivity index (χ1n) is 6.31.